The Morgan fingerprint density at radius 1 is 1.07 bits per heavy atom. The fraction of sp³-hybridized carbons (Fsp3) is 0. The van der Waals surface area contributed by atoms with Crippen molar-refractivity contribution in [2.45, 2.75) is 0 Å². The molecule has 0 radical (unpaired) electrons. The molecule has 0 atom stereocenters. The van der Waals surface area contributed by atoms with E-state index >= 15 is 0 Å². The van der Waals surface area contributed by atoms with Gasteiger partial charge in [-0.05, 0) is 12.1 Å². The van der Waals surface area contributed by atoms with Crippen LogP contribution >= 0.6 is 11.3 Å². The van der Waals surface area contributed by atoms with E-state index in [4.69, 9.17) is 11.5 Å². The molecule has 0 aliphatic rings. The van der Waals surface area contributed by atoms with Crippen molar-refractivity contribution in [2.24, 2.45) is 0 Å². The molecule has 2 aromatic heterocycles. The fourth-order valence-electron chi connectivity index (χ4n) is 1.68. The van der Waals surface area contributed by atoms with Gasteiger partial charge in [0.1, 0.15) is 0 Å². The number of anilines is 2. The lowest BCUT2D eigenvalue weighted by Gasteiger charge is -1.94. The van der Waals surface area contributed by atoms with E-state index < -0.39 is 0 Å². The van der Waals surface area contributed by atoms with Gasteiger partial charge in [0.05, 0.1) is 11.4 Å². The number of benzene rings is 1. The summed E-state index contributed by atoms with van der Waals surface area (Å²) in [6.45, 7) is 0. The minimum absolute atomic E-state index is 0.786. The number of hydrogen-bond acceptors (Lipinski definition) is 3. The standard InChI is InChI=1S/C10H9N3S/c11-7-3-13-9-1-6-8(12)4-14-10(6)2-5(7)9/h1-4,13H,11-12H2. The maximum atomic E-state index is 5.84. The lowest BCUT2D eigenvalue weighted by molar-refractivity contribution is 1.48. The van der Waals surface area contributed by atoms with Gasteiger partial charge in [-0.3, -0.25) is 0 Å². The molecular formula is C10H9N3S. The quantitative estimate of drug-likeness (QED) is 0.525. The summed E-state index contributed by atoms with van der Waals surface area (Å²) in [4.78, 5) is 3.12. The summed E-state index contributed by atoms with van der Waals surface area (Å²) >= 11 is 1.65. The second kappa shape index (κ2) is 2.42. The molecule has 0 aliphatic heterocycles. The van der Waals surface area contributed by atoms with E-state index in [1.54, 1.807) is 11.3 Å². The molecule has 0 saturated heterocycles. The average Bonchev–Trinajstić information content (AvgIpc) is 2.71. The summed E-state index contributed by atoms with van der Waals surface area (Å²) in [6.07, 6.45) is 1.81. The van der Waals surface area contributed by atoms with E-state index in [9.17, 15) is 0 Å². The molecule has 0 spiro atoms. The van der Waals surface area contributed by atoms with Gasteiger partial charge in [0.25, 0.3) is 0 Å². The number of nitrogens with two attached hydrogens (primary N) is 2. The Morgan fingerprint density at radius 2 is 1.93 bits per heavy atom. The van der Waals surface area contributed by atoms with Crippen molar-refractivity contribution in [3.05, 3.63) is 23.7 Å². The monoisotopic (exact) mass is 203 g/mol. The third kappa shape index (κ3) is 0.858. The second-order valence-corrected chi connectivity index (χ2v) is 4.24. The molecular weight excluding hydrogens is 194 g/mol. The number of aromatic amines is 1. The molecule has 4 heteroatoms. The van der Waals surface area contributed by atoms with Crippen molar-refractivity contribution in [3.63, 3.8) is 0 Å². The summed E-state index contributed by atoms with van der Waals surface area (Å²) in [5, 5.41) is 4.13. The van der Waals surface area contributed by atoms with E-state index in [1.807, 2.05) is 17.6 Å². The molecule has 0 amide bonds. The molecule has 14 heavy (non-hydrogen) atoms. The first-order valence-corrected chi connectivity index (χ1v) is 5.17. The highest BCUT2D eigenvalue weighted by Crippen LogP contribution is 2.33. The summed E-state index contributed by atoms with van der Waals surface area (Å²) < 4.78 is 1.18. The first-order valence-electron chi connectivity index (χ1n) is 4.29. The zero-order valence-corrected chi connectivity index (χ0v) is 8.19. The molecule has 3 rings (SSSR count). The van der Waals surface area contributed by atoms with Crippen molar-refractivity contribution < 1.29 is 0 Å². The number of H-pyrrole nitrogens is 1. The van der Waals surface area contributed by atoms with Gasteiger partial charge < -0.3 is 16.5 Å². The van der Waals surface area contributed by atoms with Gasteiger partial charge in [-0.2, -0.15) is 0 Å². The number of nitrogen functional groups attached to an aromatic ring is 2. The van der Waals surface area contributed by atoms with Crippen molar-refractivity contribution in [3.8, 4) is 0 Å². The lowest BCUT2D eigenvalue weighted by Crippen LogP contribution is -1.81. The van der Waals surface area contributed by atoms with Gasteiger partial charge in [0.2, 0.25) is 0 Å². The molecule has 3 nitrogen and oxygen atoms in total. The summed E-state index contributed by atoms with van der Waals surface area (Å²) in [5.41, 5.74) is 14.3. The van der Waals surface area contributed by atoms with Gasteiger partial charge in [0, 0.05) is 32.6 Å². The van der Waals surface area contributed by atoms with Gasteiger partial charge in [0.15, 0.2) is 0 Å². The molecule has 70 valence electrons. The first kappa shape index (κ1) is 7.70. The van der Waals surface area contributed by atoms with Crippen LogP contribution in [0.25, 0.3) is 21.0 Å². The highest BCUT2D eigenvalue weighted by molar-refractivity contribution is 7.17. The van der Waals surface area contributed by atoms with Gasteiger partial charge in [-0.15, -0.1) is 11.3 Å². The first-order chi connectivity index (χ1) is 6.75. The Kier molecular flexibility index (Phi) is 1.33. The Balaban J connectivity index is 2.56. The summed E-state index contributed by atoms with van der Waals surface area (Å²) in [6, 6.07) is 4.13. The van der Waals surface area contributed by atoms with Crippen LogP contribution in [0.3, 0.4) is 0 Å². The molecule has 0 aliphatic carbocycles. The number of thiophene rings is 1. The molecule has 0 fully saturated rings. The zero-order valence-electron chi connectivity index (χ0n) is 7.37. The highest BCUT2D eigenvalue weighted by Gasteiger charge is 2.05. The van der Waals surface area contributed by atoms with E-state index in [2.05, 4.69) is 11.1 Å². The maximum Gasteiger partial charge on any atom is 0.0572 e. The van der Waals surface area contributed by atoms with Crippen molar-refractivity contribution in [1.82, 2.24) is 4.98 Å². The van der Waals surface area contributed by atoms with Gasteiger partial charge in [-0.1, -0.05) is 0 Å². The molecule has 2 heterocycles. The number of nitrogens with one attached hydrogen (secondary N) is 1. The molecule has 0 saturated carbocycles. The van der Waals surface area contributed by atoms with E-state index in [0.29, 0.717) is 0 Å². The Labute approximate surface area is 84.3 Å². The van der Waals surface area contributed by atoms with E-state index in [0.717, 1.165) is 27.7 Å². The second-order valence-electron chi connectivity index (χ2n) is 3.33. The number of aromatic nitrogens is 1. The van der Waals surface area contributed by atoms with Crippen LogP contribution in [0.15, 0.2) is 23.7 Å². The van der Waals surface area contributed by atoms with Crippen LogP contribution in [-0.2, 0) is 0 Å². The Morgan fingerprint density at radius 3 is 2.79 bits per heavy atom. The topological polar surface area (TPSA) is 67.8 Å². The fourth-order valence-corrected chi connectivity index (χ4v) is 2.56. The normalized spacial score (nSPS) is 11.4. The predicted molar refractivity (Wildman–Crippen MR) is 62.5 cm³/mol. The third-order valence-corrected chi connectivity index (χ3v) is 3.40. The minimum Gasteiger partial charge on any atom is -0.398 e. The van der Waals surface area contributed by atoms with Crippen molar-refractivity contribution in [2.75, 3.05) is 11.5 Å². The predicted octanol–water partition coefficient (Wildman–Crippen LogP) is 2.55. The van der Waals surface area contributed by atoms with E-state index in [1.165, 1.54) is 4.70 Å². The smallest absolute Gasteiger partial charge is 0.0572 e. The van der Waals surface area contributed by atoms with E-state index in [-0.39, 0.29) is 0 Å². The highest BCUT2D eigenvalue weighted by atomic mass is 32.1. The Bertz CT molecular complexity index is 564. The number of rotatable bonds is 0. The van der Waals surface area contributed by atoms with Crippen LogP contribution in [0.4, 0.5) is 11.4 Å². The molecule has 0 unspecified atom stereocenters. The summed E-state index contributed by atoms with van der Waals surface area (Å²) in [5.74, 6) is 0. The van der Waals surface area contributed by atoms with Crippen molar-refractivity contribution in [1.29, 1.82) is 0 Å². The van der Waals surface area contributed by atoms with Crippen LogP contribution in [0.2, 0.25) is 0 Å². The maximum absolute atomic E-state index is 5.84. The van der Waals surface area contributed by atoms with Gasteiger partial charge in [-0.25, -0.2) is 0 Å². The minimum atomic E-state index is 0.786. The van der Waals surface area contributed by atoms with Crippen LogP contribution in [0.5, 0.6) is 0 Å². The van der Waals surface area contributed by atoms with Crippen LogP contribution in [0.1, 0.15) is 0 Å². The molecule has 0 bridgehead atoms. The molecule has 1 aromatic carbocycles. The number of hydrogen-bond donors (Lipinski definition) is 3. The molecule has 3 aromatic rings. The average molecular weight is 203 g/mol. The van der Waals surface area contributed by atoms with Gasteiger partial charge >= 0.3 is 0 Å². The Hall–Kier alpha value is -1.68. The van der Waals surface area contributed by atoms with Crippen LogP contribution in [-0.4, -0.2) is 4.98 Å². The SMILES string of the molecule is Nc1c[nH]c2cc3c(N)csc3cc12. The van der Waals surface area contributed by atoms with Crippen molar-refractivity contribution >= 4 is 43.7 Å². The zero-order chi connectivity index (χ0) is 9.71. The molecule has 5 N–H and O–H groups in total. The largest absolute Gasteiger partial charge is 0.398 e. The number of fused-ring (bicyclic) bond motifs is 2. The van der Waals surface area contributed by atoms with Crippen LogP contribution in [0, 0.1) is 0 Å². The lowest BCUT2D eigenvalue weighted by atomic mass is 10.2. The van der Waals surface area contributed by atoms with Crippen LogP contribution < -0.4 is 11.5 Å². The third-order valence-electron chi connectivity index (χ3n) is 2.44. The summed E-state index contributed by atoms with van der Waals surface area (Å²) in [7, 11) is 0.